The van der Waals surface area contributed by atoms with E-state index in [9.17, 15) is 13.6 Å². The number of nitrogen functional groups attached to an aromatic ring is 1. The molecule has 2 rings (SSSR count). The van der Waals surface area contributed by atoms with Crippen LogP contribution in [0.3, 0.4) is 0 Å². The van der Waals surface area contributed by atoms with Crippen LogP contribution >= 0.6 is 0 Å². The van der Waals surface area contributed by atoms with E-state index in [0.29, 0.717) is 5.69 Å². The van der Waals surface area contributed by atoms with Gasteiger partial charge in [0, 0.05) is 13.0 Å². The Labute approximate surface area is 109 Å². The Bertz CT molecular complexity index is 484. The van der Waals surface area contributed by atoms with Crippen LogP contribution in [0.1, 0.15) is 6.42 Å². The van der Waals surface area contributed by atoms with Gasteiger partial charge >= 0.3 is 6.09 Å². The van der Waals surface area contributed by atoms with Gasteiger partial charge in [-0.1, -0.05) is 0 Å². The van der Waals surface area contributed by atoms with Gasteiger partial charge in [0.1, 0.15) is 12.0 Å². The molecule has 104 valence electrons. The number of amides is 1. The summed E-state index contributed by atoms with van der Waals surface area (Å²) in [6.07, 6.45) is -2.13. The molecule has 0 saturated carbocycles. The maximum absolute atomic E-state index is 13.2. The van der Waals surface area contributed by atoms with Crippen LogP contribution in [0.2, 0.25) is 0 Å². The fourth-order valence-electron chi connectivity index (χ4n) is 2.21. The Morgan fingerprint density at radius 3 is 2.95 bits per heavy atom. The molecule has 0 bridgehead atoms. The summed E-state index contributed by atoms with van der Waals surface area (Å²) in [5.74, 6) is -0.445. The highest BCUT2D eigenvalue weighted by Gasteiger charge is 2.35. The van der Waals surface area contributed by atoms with Crippen molar-refractivity contribution >= 4 is 17.5 Å². The van der Waals surface area contributed by atoms with Crippen molar-refractivity contribution in [1.29, 1.82) is 0 Å². The molecule has 1 fully saturated rings. The second kappa shape index (κ2) is 5.29. The maximum atomic E-state index is 13.2. The van der Waals surface area contributed by atoms with Gasteiger partial charge in [0.15, 0.2) is 0 Å². The summed E-state index contributed by atoms with van der Waals surface area (Å²) in [7, 11) is 0. The largest absolute Gasteiger partial charge is 0.465 e. The van der Waals surface area contributed by atoms with Crippen molar-refractivity contribution in [2.45, 2.75) is 18.6 Å². The van der Waals surface area contributed by atoms with Crippen molar-refractivity contribution in [3.8, 4) is 0 Å². The highest BCUT2D eigenvalue weighted by molar-refractivity contribution is 5.67. The number of hydrogen-bond donors (Lipinski definition) is 3. The number of carbonyl (C=O) groups is 1. The molecular weight excluding hydrogens is 256 g/mol. The molecule has 5 nitrogen and oxygen atoms in total. The Balaban J connectivity index is 1.99. The van der Waals surface area contributed by atoms with Crippen LogP contribution < -0.4 is 11.1 Å². The lowest BCUT2D eigenvalue weighted by molar-refractivity contribution is 0.140. The number of benzene rings is 1. The van der Waals surface area contributed by atoms with E-state index in [1.54, 1.807) is 0 Å². The first-order chi connectivity index (χ1) is 8.97. The molecular formula is C12H15F2N3O2. The van der Waals surface area contributed by atoms with E-state index in [4.69, 9.17) is 10.8 Å². The minimum absolute atomic E-state index is 0.111. The minimum atomic E-state index is -1.14. The van der Waals surface area contributed by atoms with Gasteiger partial charge in [-0.2, -0.15) is 0 Å². The number of nitrogens with two attached hydrogens (primary N) is 1. The first kappa shape index (κ1) is 13.4. The highest BCUT2D eigenvalue weighted by Crippen LogP contribution is 2.23. The predicted octanol–water partition coefficient (Wildman–Crippen LogP) is 1.91. The average molecular weight is 271 g/mol. The fraction of sp³-hybridized carbons (Fsp3) is 0.417. The van der Waals surface area contributed by atoms with Gasteiger partial charge in [-0.05, 0) is 18.2 Å². The molecule has 0 aliphatic carbocycles. The minimum Gasteiger partial charge on any atom is -0.465 e. The molecule has 2 atom stereocenters. The van der Waals surface area contributed by atoms with Gasteiger partial charge in [0.05, 0.1) is 24.0 Å². The quantitative estimate of drug-likeness (QED) is 0.734. The molecule has 4 N–H and O–H groups in total. The predicted molar refractivity (Wildman–Crippen MR) is 67.3 cm³/mol. The van der Waals surface area contributed by atoms with Gasteiger partial charge < -0.3 is 21.1 Å². The van der Waals surface area contributed by atoms with E-state index in [-0.39, 0.29) is 25.2 Å². The van der Waals surface area contributed by atoms with Crippen molar-refractivity contribution in [2.24, 2.45) is 0 Å². The molecule has 0 radical (unpaired) electrons. The number of hydrogen-bond acceptors (Lipinski definition) is 3. The highest BCUT2D eigenvalue weighted by atomic mass is 19.1. The summed E-state index contributed by atoms with van der Waals surface area (Å²) < 4.78 is 26.1. The lowest BCUT2D eigenvalue weighted by Gasteiger charge is -2.22. The second-order valence-electron chi connectivity index (χ2n) is 4.53. The third-order valence-corrected chi connectivity index (χ3v) is 3.15. The van der Waals surface area contributed by atoms with Gasteiger partial charge in [0.25, 0.3) is 0 Å². The fourth-order valence-corrected chi connectivity index (χ4v) is 2.21. The monoisotopic (exact) mass is 271 g/mol. The van der Waals surface area contributed by atoms with Crippen molar-refractivity contribution in [3.63, 3.8) is 0 Å². The van der Waals surface area contributed by atoms with Crippen LogP contribution in [0.5, 0.6) is 0 Å². The van der Waals surface area contributed by atoms with Crippen LogP contribution in [0, 0.1) is 5.82 Å². The summed E-state index contributed by atoms with van der Waals surface area (Å²) >= 11 is 0. The number of nitrogens with one attached hydrogen (secondary N) is 1. The van der Waals surface area contributed by atoms with Crippen LogP contribution in [-0.4, -0.2) is 41.4 Å². The molecule has 7 heteroatoms. The van der Waals surface area contributed by atoms with E-state index in [1.807, 2.05) is 0 Å². The molecule has 1 saturated heterocycles. The third kappa shape index (κ3) is 3.04. The second-order valence-corrected chi connectivity index (χ2v) is 4.53. The molecule has 1 amide bonds. The smallest absolute Gasteiger partial charge is 0.407 e. The van der Waals surface area contributed by atoms with Crippen LogP contribution in [-0.2, 0) is 0 Å². The van der Waals surface area contributed by atoms with Crippen LogP contribution in [0.15, 0.2) is 18.2 Å². The van der Waals surface area contributed by atoms with E-state index in [0.717, 1.165) is 4.90 Å². The number of nitrogens with zero attached hydrogens (tertiary/aromatic N) is 1. The topological polar surface area (TPSA) is 78.6 Å². The lowest BCUT2D eigenvalue weighted by Crippen LogP contribution is -2.38. The van der Waals surface area contributed by atoms with E-state index in [2.05, 4.69) is 5.32 Å². The van der Waals surface area contributed by atoms with E-state index >= 15 is 0 Å². The van der Waals surface area contributed by atoms with Crippen molar-refractivity contribution in [3.05, 3.63) is 24.0 Å². The average Bonchev–Trinajstić information content (AvgIpc) is 2.69. The first-order valence-corrected chi connectivity index (χ1v) is 5.90. The van der Waals surface area contributed by atoms with Crippen LogP contribution in [0.25, 0.3) is 0 Å². The van der Waals surface area contributed by atoms with Crippen molar-refractivity contribution in [2.75, 3.05) is 24.1 Å². The Morgan fingerprint density at radius 2 is 2.32 bits per heavy atom. The number of anilines is 2. The summed E-state index contributed by atoms with van der Waals surface area (Å²) in [5.41, 5.74) is 6.36. The van der Waals surface area contributed by atoms with Gasteiger partial charge in [-0.3, -0.25) is 0 Å². The van der Waals surface area contributed by atoms with E-state index in [1.165, 1.54) is 18.2 Å². The Morgan fingerprint density at radius 1 is 1.58 bits per heavy atom. The molecule has 1 aromatic carbocycles. The number of alkyl halides is 1. The van der Waals surface area contributed by atoms with Crippen molar-refractivity contribution < 1.29 is 18.7 Å². The molecule has 0 spiro atoms. The number of carboxylic acid groups (broad SMARTS) is 1. The zero-order chi connectivity index (χ0) is 14.0. The molecule has 0 aromatic heterocycles. The normalized spacial score (nSPS) is 22.5. The summed E-state index contributed by atoms with van der Waals surface area (Å²) in [6, 6.07) is 3.44. The molecule has 1 aliphatic heterocycles. The summed E-state index contributed by atoms with van der Waals surface area (Å²) in [4.78, 5) is 12.0. The maximum Gasteiger partial charge on any atom is 0.407 e. The lowest BCUT2D eigenvalue weighted by atomic mass is 10.2. The molecule has 19 heavy (non-hydrogen) atoms. The Kier molecular flexibility index (Phi) is 3.73. The number of likely N-dealkylation sites (tertiary alicyclic amines) is 1. The zero-order valence-corrected chi connectivity index (χ0v) is 10.1. The first-order valence-electron chi connectivity index (χ1n) is 5.90. The summed E-state index contributed by atoms with van der Waals surface area (Å²) in [5, 5.41) is 11.9. The van der Waals surface area contributed by atoms with Crippen molar-refractivity contribution in [1.82, 2.24) is 4.90 Å². The zero-order valence-electron chi connectivity index (χ0n) is 10.1. The molecule has 1 heterocycles. The third-order valence-electron chi connectivity index (χ3n) is 3.15. The number of halogens is 2. The standard InChI is InChI=1S/C12H15F2N3O2/c13-7-1-2-11(10(15)4-7)16-5-9-3-8(14)6-17(9)12(18)19/h1-2,4,8-9,16H,3,5-6,15H2,(H,18,19). The van der Waals surface area contributed by atoms with Gasteiger partial charge in [-0.15, -0.1) is 0 Å². The molecule has 1 aromatic rings. The molecule has 2 unspecified atom stereocenters. The van der Waals surface area contributed by atoms with E-state index < -0.39 is 24.1 Å². The van der Waals surface area contributed by atoms with Crippen LogP contribution in [0.4, 0.5) is 25.0 Å². The molecule has 1 aliphatic rings. The summed E-state index contributed by atoms with van der Waals surface area (Å²) in [6.45, 7) is 0.128. The Hall–Kier alpha value is -2.05. The SMILES string of the molecule is Nc1cc(F)ccc1NCC1CC(F)CN1C(=O)O. The van der Waals surface area contributed by atoms with Gasteiger partial charge in [0.2, 0.25) is 0 Å². The van der Waals surface area contributed by atoms with Gasteiger partial charge in [-0.25, -0.2) is 13.6 Å². The number of rotatable bonds is 3.